The quantitative estimate of drug-likeness (QED) is 0.758. The molecule has 0 saturated carbocycles. The van der Waals surface area contributed by atoms with Gasteiger partial charge >= 0.3 is 0 Å². The molecule has 2 rings (SSSR count). The Morgan fingerprint density at radius 1 is 1.15 bits per heavy atom. The van der Waals surface area contributed by atoms with Crippen LogP contribution in [0, 0.1) is 3.57 Å². The number of rotatable bonds is 5. The highest BCUT2D eigenvalue weighted by molar-refractivity contribution is 14.1. The van der Waals surface area contributed by atoms with Crippen molar-refractivity contribution in [3.05, 3.63) is 55.8 Å². The molecular weight excluding hydrogens is 387 g/mol. The zero-order valence-electron chi connectivity index (χ0n) is 10.6. The number of hydrogen-bond donors (Lipinski definition) is 2. The van der Waals surface area contributed by atoms with Crippen LogP contribution in [0.15, 0.2) is 41.1 Å². The van der Waals surface area contributed by atoms with Crippen LogP contribution in [0.5, 0.6) is 0 Å². The van der Waals surface area contributed by atoms with Gasteiger partial charge in [-0.25, -0.2) is 0 Å². The number of benzene rings is 1. The second-order valence-electron chi connectivity index (χ2n) is 4.07. The molecule has 2 amide bonds. The number of halogens is 1. The van der Waals surface area contributed by atoms with Crippen molar-refractivity contribution in [3.63, 3.8) is 0 Å². The summed E-state index contributed by atoms with van der Waals surface area (Å²) in [7, 11) is 0. The Hall–Kier alpha value is -1.41. The van der Waals surface area contributed by atoms with Crippen LogP contribution >= 0.6 is 33.9 Å². The van der Waals surface area contributed by atoms with Gasteiger partial charge in [0.2, 0.25) is 5.91 Å². The third-order valence-electron chi connectivity index (χ3n) is 2.60. The first-order chi connectivity index (χ1) is 9.66. The largest absolute Gasteiger partial charge is 0.350 e. The fourth-order valence-corrected chi connectivity index (χ4v) is 2.86. The summed E-state index contributed by atoms with van der Waals surface area (Å²) in [5.74, 6) is -0.434. The molecule has 0 fully saturated rings. The first-order valence-electron chi connectivity index (χ1n) is 5.97. The fourth-order valence-electron chi connectivity index (χ4n) is 1.56. The molecule has 4 nitrogen and oxygen atoms in total. The Bertz CT molecular complexity index is 599. The molecule has 0 aliphatic carbocycles. The second kappa shape index (κ2) is 7.39. The minimum absolute atomic E-state index is 0.0199. The lowest BCUT2D eigenvalue weighted by Crippen LogP contribution is -2.36. The molecule has 0 atom stereocenters. The van der Waals surface area contributed by atoms with Crippen molar-refractivity contribution in [2.45, 2.75) is 6.54 Å². The van der Waals surface area contributed by atoms with Gasteiger partial charge in [-0.1, -0.05) is 12.1 Å². The first kappa shape index (κ1) is 15.0. The van der Waals surface area contributed by atoms with Gasteiger partial charge in [-0.3, -0.25) is 9.59 Å². The van der Waals surface area contributed by atoms with Crippen LogP contribution in [-0.4, -0.2) is 18.4 Å². The highest BCUT2D eigenvalue weighted by atomic mass is 127. The minimum atomic E-state index is -0.235. The van der Waals surface area contributed by atoms with Gasteiger partial charge in [0.05, 0.1) is 12.1 Å². The van der Waals surface area contributed by atoms with E-state index in [0.717, 1.165) is 9.13 Å². The van der Waals surface area contributed by atoms with Crippen LogP contribution in [0.2, 0.25) is 0 Å². The predicted octanol–water partition coefficient (Wildman–Crippen LogP) is 2.40. The zero-order valence-corrected chi connectivity index (χ0v) is 13.5. The molecule has 0 aliphatic heterocycles. The van der Waals surface area contributed by atoms with Crippen LogP contribution in [0.4, 0.5) is 0 Å². The summed E-state index contributed by atoms with van der Waals surface area (Å²) in [4.78, 5) is 23.5. The van der Waals surface area contributed by atoms with Crippen LogP contribution in [-0.2, 0) is 11.3 Å². The molecule has 2 aromatic rings. The van der Waals surface area contributed by atoms with Gasteiger partial charge in [-0.2, -0.15) is 11.3 Å². The van der Waals surface area contributed by atoms with Gasteiger partial charge in [0.1, 0.15) is 0 Å². The third-order valence-corrected chi connectivity index (χ3v) is 4.27. The van der Waals surface area contributed by atoms with E-state index < -0.39 is 0 Å². The Morgan fingerprint density at radius 2 is 1.95 bits per heavy atom. The second-order valence-corrected chi connectivity index (χ2v) is 6.01. The molecule has 0 saturated heterocycles. The van der Waals surface area contributed by atoms with Crippen molar-refractivity contribution in [2.75, 3.05) is 6.54 Å². The number of carbonyl (C=O) groups is 2. The van der Waals surface area contributed by atoms with E-state index in [2.05, 4.69) is 33.2 Å². The molecule has 1 aromatic heterocycles. The zero-order chi connectivity index (χ0) is 14.4. The van der Waals surface area contributed by atoms with Crippen molar-refractivity contribution in [2.24, 2.45) is 0 Å². The molecule has 0 spiro atoms. The maximum absolute atomic E-state index is 11.9. The summed E-state index contributed by atoms with van der Waals surface area (Å²) >= 11 is 3.68. The molecule has 20 heavy (non-hydrogen) atoms. The number of thiophene rings is 1. The van der Waals surface area contributed by atoms with E-state index in [4.69, 9.17) is 0 Å². The van der Waals surface area contributed by atoms with Crippen molar-refractivity contribution < 1.29 is 9.59 Å². The van der Waals surface area contributed by atoms with Crippen LogP contribution in [0.3, 0.4) is 0 Å². The Kier molecular flexibility index (Phi) is 5.54. The van der Waals surface area contributed by atoms with Crippen molar-refractivity contribution in [1.29, 1.82) is 0 Å². The van der Waals surface area contributed by atoms with Gasteiger partial charge in [0.15, 0.2) is 0 Å². The molecule has 6 heteroatoms. The molecule has 0 bridgehead atoms. The van der Waals surface area contributed by atoms with Gasteiger partial charge in [0.25, 0.3) is 5.91 Å². The van der Waals surface area contributed by atoms with E-state index in [1.165, 1.54) is 0 Å². The first-order valence-corrected chi connectivity index (χ1v) is 7.99. The minimum Gasteiger partial charge on any atom is -0.350 e. The molecule has 1 heterocycles. The monoisotopic (exact) mass is 400 g/mol. The predicted molar refractivity (Wildman–Crippen MR) is 87.7 cm³/mol. The molecule has 1 aromatic carbocycles. The van der Waals surface area contributed by atoms with E-state index >= 15 is 0 Å². The Labute approximate surface area is 134 Å². The van der Waals surface area contributed by atoms with Gasteiger partial charge in [-0.05, 0) is 57.1 Å². The lowest BCUT2D eigenvalue weighted by atomic mass is 10.2. The van der Waals surface area contributed by atoms with E-state index in [9.17, 15) is 9.59 Å². The van der Waals surface area contributed by atoms with E-state index in [1.54, 1.807) is 23.5 Å². The highest BCUT2D eigenvalue weighted by Crippen LogP contribution is 2.10. The number of amides is 2. The summed E-state index contributed by atoms with van der Waals surface area (Å²) in [5.41, 5.74) is 1.64. The number of carbonyl (C=O) groups excluding carboxylic acids is 2. The molecule has 0 radical (unpaired) electrons. The van der Waals surface area contributed by atoms with Gasteiger partial charge in [0, 0.05) is 10.1 Å². The number of hydrogen-bond acceptors (Lipinski definition) is 3. The molecule has 104 valence electrons. The normalized spacial score (nSPS) is 10.1. The van der Waals surface area contributed by atoms with Gasteiger partial charge in [-0.15, -0.1) is 0 Å². The highest BCUT2D eigenvalue weighted by Gasteiger charge is 2.10. The average Bonchev–Trinajstić information content (AvgIpc) is 2.96. The lowest BCUT2D eigenvalue weighted by Gasteiger charge is -2.07. The van der Waals surface area contributed by atoms with E-state index in [1.807, 2.05) is 29.0 Å². The average molecular weight is 400 g/mol. The molecule has 0 unspecified atom stereocenters. The number of nitrogens with one attached hydrogen (secondary N) is 2. The van der Waals surface area contributed by atoms with E-state index in [-0.39, 0.29) is 18.4 Å². The van der Waals surface area contributed by atoms with Crippen molar-refractivity contribution in [3.8, 4) is 0 Å². The summed E-state index contributed by atoms with van der Waals surface area (Å²) in [6.45, 7) is 0.467. The summed E-state index contributed by atoms with van der Waals surface area (Å²) in [6.07, 6.45) is 0. The molecule has 0 aliphatic rings. The SMILES string of the molecule is O=C(CNC(=O)c1ccccc1I)NCc1ccsc1. The van der Waals surface area contributed by atoms with Crippen molar-refractivity contribution >= 4 is 45.7 Å². The fraction of sp³-hybridized carbons (Fsp3) is 0.143. The summed E-state index contributed by atoms with van der Waals surface area (Å²) in [6, 6.07) is 9.21. The van der Waals surface area contributed by atoms with Gasteiger partial charge < -0.3 is 10.6 Å². The Morgan fingerprint density at radius 3 is 2.65 bits per heavy atom. The topological polar surface area (TPSA) is 58.2 Å². The summed E-state index contributed by atoms with van der Waals surface area (Å²) < 4.78 is 0.862. The van der Waals surface area contributed by atoms with E-state index in [0.29, 0.717) is 12.1 Å². The summed E-state index contributed by atoms with van der Waals surface area (Å²) in [5, 5.41) is 9.31. The van der Waals surface area contributed by atoms with Crippen LogP contribution in [0.25, 0.3) is 0 Å². The lowest BCUT2D eigenvalue weighted by molar-refractivity contribution is -0.120. The van der Waals surface area contributed by atoms with Crippen molar-refractivity contribution in [1.82, 2.24) is 10.6 Å². The smallest absolute Gasteiger partial charge is 0.252 e. The Balaban J connectivity index is 1.78. The molecular formula is C14H13IN2O2S. The standard InChI is InChI=1S/C14H13IN2O2S/c15-12-4-2-1-3-11(12)14(19)17-8-13(18)16-7-10-5-6-20-9-10/h1-6,9H,7-8H2,(H,16,18)(H,17,19). The maximum atomic E-state index is 11.9. The maximum Gasteiger partial charge on any atom is 0.252 e. The van der Waals surface area contributed by atoms with Crippen LogP contribution < -0.4 is 10.6 Å². The third kappa shape index (κ3) is 4.31. The molecule has 2 N–H and O–H groups in total. The van der Waals surface area contributed by atoms with Crippen LogP contribution in [0.1, 0.15) is 15.9 Å².